The minimum Gasteiger partial charge on any atom is -0.354 e. The summed E-state index contributed by atoms with van der Waals surface area (Å²) in [5, 5.41) is 16.9. The second kappa shape index (κ2) is 7.32. The van der Waals surface area contributed by atoms with Crippen LogP contribution in [0.25, 0.3) is 6.08 Å². The highest BCUT2D eigenvalue weighted by molar-refractivity contribution is 6.31. The molecule has 0 aliphatic heterocycles. The number of amides is 1. The monoisotopic (exact) mass is 348 g/mol. The standard InChI is InChI=1S/C16H14Cl2N4O/c1-10-14(7-12(8-19)16(23)20-2)15(18)22(21-10)9-11-3-5-13(17)6-4-11/h3-7H,9H2,1-2H3,(H,20,23)/b12-7+. The Morgan fingerprint density at radius 3 is 2.61 bits per heavy atom. The van der Waals surface area contributed by atoms with Gasteiger partial charge in [0.2, 0.25) is 0 Å². The summed E-state index contributed by atoms with van der Waals surface area (Å²) in [5.74, 6) is -0.464. The fraction of sp³-hybridized carbons (Fsp3) is 0.188. The van der Waals surface area contributed by atoms with Gasteiger partial charge >= 0.3 is 0 Å². The van der Waals surface area contributed by atoms with Gasteiger partial charge in [0, 0.05) is 17.6 Å². The Labute approximate surface area is 144 Å². The van der Waals surface area contributed by atoms with E-state index < -0.39 is 5.91 Å². The fourth-order valence-corrected chi connectivity index (χ4v) is 2.44. The number of nitrogens with zero attached hydrogens (tertiary/aromatic N) is 3. The first-order valence-corrected chi connectivity index (χ1v) is 7.53. The number of nitriles is 1. The van der Waals surface area contributed by atoms with E-state index in [0.717, 1.165) is 5.56 Å². The average Bonchev–Trinajstić information content (AvgIpc) is 2.80. The van der Waals surface area contributed by atoms with Crippen LogP contribution in [-0.4, -0.2) is 22.7 Å². The molecule has 0 spiro atoms. The lowest BCUT2D eigenvalue weighted by molar-refractivity contribution is -0.116. The van der Waals surface area contributed by atoms with E-state index in [0.29, 0.717) is 28.0 Å². The van der Waals surface area contributed by atoms with Crippen molar-refractivity contribution in [1.29, 1.82) is 5.26 Å². The summed E-state index contributed by atoms with van der Waals surface area (Å²) in [4.78, 5) is 11.6. The molecule has 0 aliphatic rings. The minimum absolute atomic E-state index is 0.0245. The van der Waals surface area contributed by atoms with Gasteiger partial charge in [-0.2, -0.15) is 10.4 Å². The molecule has 7 heteroatoms. The molecule has 2 rings (SSSR count). The molecule has 1 amide bonds. The number of aryl methyl sites for hydroxylation is 1. The molecule has 0 aliphatic carbocycles. The molecular formula is C16H14Cl2N4O. The Morgan fingerprint density at radius 1 is 1.39 bits per heavy atom. The smallest absolute Gasteiger partial charge is 0.261 e. The molecule has 2 aromatic rings. The number of carbonyl (C=O) groups excluding carboxylic acids is 1. The van der Waals surface area contributed by atoms with Crippen LogP contribution in [0.4, 0.5) is 0 Å². The van der Waals surface area contributed by atoms with Gasteiger partial charge < -0.3 is 5.32 Å². The van der Waals surface area contributed by atoms with Crippen molar-refractivity contribution in [3.05, 3.63) is 56.8 Å². The van der Waals surface area contributed by atoms with Crippen LogP contribution >= 0.6 is 23.2 Å². The van der Waals surface area contributed by atoms with Crippen molar-refractivity contribution in [3.63, 3.8) is 0 Å². The zero-order valence-electron chi connectivity index (χ0n) is 12.6. The number of rotatable bonds is 4. The molecule has 0 saturated heterocycles. The van der Waals surface area contributed by atoms with Gasteiger partial charge in [-0.1, -0.05) is 35.3 Å². The molecule has 0 bridgehead atoms. The van der Waals surface area contributed by atoms with Gasteiger partial charge in [-0.05, 0) is 30.7 Å². The van der Waals surface area contributed by atoms with E-state index in [2.05, 4.69) is 10.4 Å². The quantitative estimate of drug-likeness (QED) is 0.681. The molecule has 1 aromatic heterocycles. The summed E-state index contributed by atoms with van der Waals surface area (Å²) in [7, 11) is 1.46. The second-order valence-electron chi connectivity index (χ2n) is 4.82. The molecule has 0 atom stereocenters. The van der Waals surface area contributed by atoms with Crippen molar-refractivity contribution >= 4 is 35.2 Å². The van der Waals surface area contributed by atoms with E-state index in [1.54, 1.807) is 23.7 Å². The zero-order chi connectivity index (χ0) is 17.0. The third kappa shape index (κ3) is 3.92. The van der Waals surface area contributed by atoms with E-state index >= 15 is 0 Å². The zero-order valence-corrected chi connectivity index (χ0v) is 14.1. The number of hydrogen-bond acceptors (Lipinski definition) is 3. The SMILES string of the molecule is CNC(=O)/C(C#N)=C/c1c(C)nn(Cc2ccc(Cl)cc2)c1Cl. The molecule has 118 valence electrons. The summed E-state index contributed by atoms with van der Waals surface area (Å²) in [6.45, 7) is 2.24. The molecule has 1 N–H and O–H groups in total. The number of carbonyl (C=O) groups is 1. The molecule has 0 radical (unpaired) electrons. The van der Waals surface area contributed by atoms with Crippen LogP contribution < -0.4 is 5.32 Å². The number of aromatic nitrogens is 2. The van der Waals surface area contributed by atoms with Crippen LogP contribution in [0.2, 0.25) is 10.2 Å². The lowest BCUT2D eigenvalue weighted by atomic mass is 10.1. The maximum absolute atomic E-state index is 11.6. The van der Waals surface area contributed by atoms with Crippen LogP contribution in [0, 0.1) is 18.3 Å². The number of hydrogen-bond donors (Lipinski definition) is 1. The van der Waals surface area contributed by atoms with E-state index in [9.17, 15) is 4.79 Å². The Morgan fingerprint density at radius 2 is 2.04 bits per heavy atom. The van der Waals surface area contributed by atoms with Gasteiger partial charge in [0.1, 0.15) is 16.8 Å². The van der Waals surface area contributed by atoms with Crippen molar-refractivity contribution < 1.29 is 4.79 Å². The van der Waals surface area contributed by atoms with Crippen LogP contribution in [-0.2, 0) is 11.3 Å². The van der Waals surface area contributed by atoms with Gasteiger partial charge in [-0.25, -0.2) is 4.68 Å². The van der Waals surface area contributed by atoms with Crippen LogP contribution in [0.1, 0.15) is 16.8 Å². The van der Waals surface area contributed by atoms with Gasteiger partial charge in [-0.15, -0.1) is 0 Å². The largest absolute Gasteiger partial charge is 0.354 e. The van der Waals surface area contributed by atoms with E-state index in [1.807, 2.05) is 18.2 Å². The number of benzene rings is 1. The molecule has 0 unspecified atom stereocenters. The second-order valence-corrected chi connectivity index (χ2v) is 5.62. The Bertz CT molecular complexity index is 801. The van der Waals surface area contributed by atoms with E-state index in [4.69, 9.17) is 28.5 Å². The highest BCUT2D eigenvalue weighted by atomic mass is 35.5. The summed E-state index contributed by atoms with van der Waals surface area (Å²) < 4.78 is 1.62. The molecular weight excluding hydrogens is 335 g/mol. The molecule has 0 saturated carbocycles. The first-order valence-electron chi connectivity index (χ1n) is 6.77. The van der Waals surface area contributed by atoms with Crippen molar-refractivity contribution in [1.82, 2.24) is 15.1 Å². The van der Waals surface area contributed by atoms with E-state index in [1.165, 1.54) is 13.1 Å². The predicted molar refractivity (Wildman–Crippen MR) is 90.2 cm³/mol. The van der Waals surface area contributed by atoms with Crippen molar-refractivity contribution in [2.45, 2.75) is 13.5 Å². The van der Waals surface area contributed by atoms with Gasteiger partial charge in [0.25, 0.3) is 5.91 Å². The third-order valence-electron chi connectivity index (χ3n) is 3.24. The first-order chi connectivity index (χ1) is 11.0. The average molecular weight is 349 g/mol. The molecule has 1 aromatic carbocycles. The Hall–Kier alpha value is -2.29. The summed E-state index contributed by atoms with van der Waals surface area (Å²) in [6, 6.07) is 9.22. The van der Waals surface area contributed by atoms with Gasteiger partial charge in [-0.3, -0.25) is 4.79 Å². The lowest BCUT2D eigenvalue weighted by Gasteiger charge is -2.04. The van der Waals surface area contributed by atoms with Gasteiger partial charge in [0.15, 0.2) is 0 Å². The van der Waals surface area contributed by atoms with Crippen molar-refractivity contribution in [2.24, 2.45) is 0 Å². The number of nitrogens with one attached hydrogen (secondary N) is 1. The number of likely N-dealkylation sites (N-methyl/N-ethyl adjacent to an activating group) is 1. The topological polar surface area (TPSA) is 70.7 Å². The normalized spacial score (nSPS) is 11.2. The Kier molecular flexibility index (Phi) is 5.43. The summed E-state index contributed by atoms with van der Waals surface area (Å²) >= 11 is 12.2. The van der Waals surface area contributed by atoms with Crippen molar-refractivity contribution in [3.8, 4) is 6.07 Å². The van der Waals surface area contributed by atoms with E-state index in [-0.39, 0.29) is 5.57 Å². The highest BCUT2D eigenvalue weighted by Crippen LogP contribution is 2.24. The third-order valence-corrected chi connectivity index (χ3v) is 3.89. The molecule has 5 nitrogen and oxygen atoms in total. The maximum Gasteiger partial charge on any atom is 0.261 e. The predicted octanol–water partition coefficient (Wildman–Crippen LogP) is 3.20. The molecule has 1 heterocycles. The van der Waals surface area contributed by atoms with Crippen LogP contribution in [0.3, 0.4) is 0 Å². The first kappa shape index (κ1) is 17.1. The minimum atomic E-state index is -0.464. The molecule has 0 fully saturated rings. The summed E-state index contributed by atoms with van der Waals surface area (Å²) in [5.41, 5.74) is 2.16. The summed E-state index contributed by atoms with van der Waals surface area (Å²) in [6.07, 6.45) is 1.45. The van der Waals surface area contributed by atoms with Crippen LogP contribution in [0.5, 0.6) is 0 Å². The van der Waals surface area contributed by atoms with Crippen LogP contribution in [0.15, 0.2) is 29.8 Å². The Balaban J connectivity index is 2.36. The van der Waals surface area contributed by atoms with Crippen molar-refractivity contribution in [2.75, 3.05) is 7.05 Å². The highest BCUT2D eigenvalue weighted by Gasteiger charge is 2.15. The maximum atomic E-state index is 11.6. The van der Waals surface area contributed by atoms with Gasteiger partial charge in [0.05, 0.1) is 12.2 Å². The lowest BCUT2D eigenvalue weighted by Crippen LogP contribution is -2.19. The number of halogens is 2. The fourth-order valence-electron chi connectivity index (χ4n) is 2.03. The molecule has 23 heavy (non-hydrogen) atoms.